The van der Waals surface area contributed by atoms with Crippen LogP contribution in [-0.4, -0.2) is 52.3 Å². The van der Waals surface area contributed by atoms with E-state index < -0.39 is 5.76 Å². The average molecular weight is 449 g/mol. The zero-order chi connectivity index (χ0) is 21.1. The Hall–Kier alpha value is -2.58. The number of halogens is 3. The summed E-state index contributed by atoms with van der Waals surface area (Å²) in [7, 11) is 0. The highest BCUT2D eigenvalue weighted by Crippen LogP contribution is 2.29. The standard InChI is InChI=1S/C21H19ClF2N4OS/c22-15-4-3-5-16(14-15)28-9-8-25-21(28)27-12-10-26(11-13-27)19(29)17-6-1-2-7-18(17)30-20(23)24/h1-9,14,20H,10-13H2. The smallest absolute Gasteiger partial charge is 0.288 e. The van der Waals surface area contributed by atoms with E-state index in [1.807, 2.05) is 35.0 Å². The number of rotatable bonds is 5. The van der Waals surface area contributed by atoms with Gasteiger partial charge in [0.25, 0.3) is 11.7 Å². The number of alkyl halides is 2. The third kappa shape index (κ3) is 4.44. The molecule has 1 fully saturated rings. The van der Waals surface area contributed by atoms with Gasteiger partial charge in [-0.25, -0.2) is 4.98 Å². The number of piperazine rings is 1. The van der Waals surface area contributed by atoms with Crippen LogP contribution < -0.4 is 4.90 Å². The van der Waals surface area contributed by atoms with Crippen molar-refractivity contribution in [2.24, 2.45) is 0 Å². The van der Waals surface area contributed by atoms with E-state index >= 15 is 0 Å². The van der Waals surface area contributed by atoms with Crippen molar-refractivity contribution in [1.29, 1.82) is 0 Å². The summed E-state index contributed by atoms with van der Waals surface area (Å²) < 4.78 is 27.6. The van der Waals surface area contributed by atoms with E-state index in [-0.39, 0.29) is 5.91 Å². The molecule has 1 aromatic heterocycles. The van der Waals surface area contributed by atoms with E-state index in [9.17, 15) is 13.6 Å². The lowest BCUT2D eigenvalue weighted by Crippen LogP contribution is -2.49. The van der Waals surface area contributed by atoms with Crippen LogP contribution in [0.1, 0.15) is 10.4 Å². The molecule has 0 spiro atoms. The Morgan fingerprint density at radius 1 is 1.07 bits per heavy atom. The van der Waals surface area contributed by atoms with Gasteiger partial charge in [-0.2, -0.15) is 8.78 Å². The molecule has 156 valence electrons. The van der Waals surface area contributed by atoms with Gasteiger partial charge < -0.3 is 9.80 Å². The molecular weight excluding hydrogens is 430 g/mol. The normalized spacial score (nSPS) is 14.4. The van der Waals surface area contributed by atoms with E-state index in [2.05, 4.69) is 9.88 Å². The number of carbonyl (C=O) groups is 1. The van der Waals surface area contributed by atoms with Crippen LogP contribution in [-0.2, 0) is 0 Å². The number of nitrogens with zero attached hydrogens (tertiary/aromatic N) is 4. The minimum absolute atomic E-state index is 0.225. The molecule has 0 N–H and O–H groups in total. The fraction of sp³-hybridized carbons (Fsp3) is 0.238. The first kappa shape index (κ1) is 20.7. The first-order chi connectivity index (χ1) is 14.5. The van der Waals surface area contributed by atoms with E-state index in [1.54, 1.807) is 35.4 Å². The Kier molecular flexibility index (Phi) is 6.24. The highest BCUT2D eigenvalue weighted by atomic mass is 35.5. The summed E-state index contributed by atoms with van der Waals surface area (Å²) in [5, 5.41) is 0.642. The second-order valence-electron chi connectivity index (χ2n) is 6.73. The molecule has 0 unspecified atom stereocenters. The molecule has 5 nitrogen and oxygen atoms in total. The number of thioether (sulfide) groups is 1. The zero-order valence-corrected chi connectivity index (χ0v) is 17.5. The number of benzene rings is 2. The van der Waals surface area contributed by atoms with Crippen LogP contribution in [0.5, 0.6) is 0 Å². The number of hydrogen-bond donors (Lipinski definition) is 0. The van der Waals surface area contributed by atoms with Gasteiger partial charge in [-0.15, -0.1) is 0 Å². The lowest BCUT2D eigenvalue weighted by Gasteiger charge is -2.35. The summed E-state index contributed by atoms with van der Waals surface area (Å²) in [6.07, 6.45) is 3.60. The topological polar surface area (TPSA) is 41.4 Å². The second-order valence-corrected chi connectivity index (χ2v) is 8.20. The van der Waals surface area contributed by atoms with Crippen LogP contribution in [0.25, 0.3) is 5.69 Å². The Bertz CT molecular complexity index is 1040. The van der Waals surface area contributed by atoms with E-state index in [0.29, 0.717) is 53.4 Å². The SMILES string of the molecule is O=C(c1ccccc1SC(F)F)N1CCN(c2nccn2-c2cccc(Cl)c2)CC1. The number of anilines is 1. The molecule has 30 heavy (non-hydrogen) atoms. The first-order valence-electron chi connectivity index (χ1n) is 9.40. The summed E-state index contributed by atoms with van der Waals surface area (Å²) in [5.74, 6) is -2.02. The van der Waals surface area contributed by atoms with Crippen molar-refractivity contribution in [2.75, 3.05) is 31.1 Å². The number of imidazole rings is 1. The van der Waals surface area contributed by atoms with Crippen molar-refractivity contribution in [3.05, 3.63) is 71.5 Å². The zero-order valence-electron chi connectivity index (χ0n) is 15.9. The van der Waals surface area contributed by atoms with Gasteiger partial charge in [-0.3, -0.25) is 9.36 Å². The maximum atomic E-state index is 12.9. The molecule has 0 saturated carbocycles. The molecule has 1 aliphatic rings. The van der Waals surface area contributed by atoms with Crippen molar-refractivity contribution < 1.29 is 13.6 Å². The third-order valence-electron chi connectivity index (χ3n) is 4.89. The average Bonchev–Trinajstić information content (AvgIpc) is 3.23. The van der Waals surface area contributed by atoms with Crippen molar-refractivity contribution in [3.63, 3.8) is 0 Å². The monoisotopic (exact) mass is 448 g/mol. The summed E-state index contributed by atoms with van der Waals surface area (Å²) in [5.41, 5.74) is 1.23. The van der Waals surface area contributed by atoms with Gasteiger partial charge in [0, 0.05) is 54.2 Å². The minimum Gasteiger partial charge on any atom is -0.338 e. The molecule has 2 heterocycles. The van der Waals surface area contributed by atoms with Crippen LogP contribution in [0.2, 0.25) is 5.02 Å². The van der Waals surface area contributed by atoms with E-state index in [1.165, 1.54) is 0 Å². The van der Waals surface area contributed by atoms with Crippen molar-refractivity contribution in [2.45, 2.75) is 10.7 Å². The maximum Gasteiger partial charge on any atom is 0.288 e. The molecule has 2 aromatic carbocycles. The lowest BCUT2D eigenvalue weighted by atomic mass is 10.2. The largest absolute Gasteiger partial charge is 0.338 e. The fourth-order valence-electron chi connectivity index (χ4n) is 3.48. The summed E-state index contributed by atoms with van der Waals surface area (Å²) in [4.78, 5) is 21.5. The number of amides is 1. The maximum absolute atomic E-state index is 12.9. The molecule has 1 amide bonds. The van der Waals surface area contributed by atoms with Crippen LogP contribution in [0, 0.1) is 0 Å². The molecule has 4 rings (SSSR count). The van der Waals surface area contributed by atoms with Crippen LogP contribution >= 0.6 is 23.4 Å². The summed E-state index contributed by atoms with van der Waals surface area (Å²) in [6.45, 7) is 2.14. The second kappa shape index (κ2) is 9.06. The third-order valence-corrected chi connectivity index (χ3v) is 5.91. The molecular formula is C21H19ClF2N4OS. The van der Waals surface area contributed by atoms with Gasteiger partial charge >= 0.3 is 0 Å². The van der Waals surface area contributed by atoms with Crippen molar-refractivity contribution in [3.8, 4) is 5.69 Å². The molecule has 1 aliphatic heterocycles. The van der Waals surface area contributed by atoms with Crippen LogP contribution in [0.4, 0.5) is 14.7 Å². The molecule has 1 saturated heterocycles. The molecule has 3 aromatic rings. The Labute approximate surface area is 182 Å². The minimum atomic E-state index is -2.57. The Balaban J connectivity index is 1.47. The van der Waals surface area contributed by atoms with Gasteiger partial charge in [0.15, 0.2) is 0 Å². The summed E-state index contributed by atoms with van der Waals surface area (Å²) >= 11 is 6.52. The van der Waals surface area contributed by atoms with E-state index in [4.69, 9.17) is 11.6 Å². The fourth-order valence-corrected chi connectivity index (χ4v) is 4.29. The van der Waals surface area contributed by atoms with Gasteiger partial charge in [0.05, 0.1) is 5.56 Å². The van der Waals surface area contributed by atoms with Gasteiger partial charge in [-0.1, -0.05) is 41.6 Å². The highest BCUT2D eigenvalue weighted by molar-refractivity contribution is 7.99. The Morgan fingerprint density at radius 2 is 1.83 bits per heavy atom. The van der Waals surface area contributed by atoms with Crippen molar-refractivity contribution in [1.82, 2.24) is 14.5 Å². The number of aromatic nitrogens is 2. The van der Waals surface area contributed by atoms with Crippen molar-refractivity contribution >= 4 is 35.2 Å². The van der Waals surface area contributed by atoms with Crippen LogP contribution in [0.3, 0.4) is 0 Å². The lowest BCUT2D eigenvalue weighted by molar-refractivity contribution is 0.0742. The van der Waals surface area contributed by atoms with E-state index in [0.717, 1.165) is 11.6 Å². The predicted molar refractivity (Wildman–Crippen MR) is 115 cm³/mol. The van der Waals surface area contributed by atoms with Crippen LogP contribution in [0.15, 0.2) is 65.8 Å². The number of carbonyl (C=O) groups excluding carboxylic acids is 1. The first-order valence-corrected chi connectivity index (χ1v) is 10.7. The molecule has 0 aliphatic carbocycles. The molecule has 9 heteroatoms. The quantitative estimate of drug-likeness (QED) is 0.526. The Morgan fingerprint density at radius 3 is 2.57 bits per heavy atom. The summed E-state index contributed by atoms with van der Waals surface area (Å²) in [6, 6.07) is 14.0. The number of hydrogen-bond acceptors (Lipinski definition) is 4. The predicted octanol–water partition coefficient (Wildman–Crippen LogP) is 4.80. The molecule has 0 bridgehead atoms. The molecule has 0 atom stereocenters. The van der Waals surface area contributed by atoms with Gasteiger partial charge in [0.2, 0.25) is 5.95 Å². The molecule has 0 radical (unpaired) electrons. The van der Waals surface area contributed by atoms with Gasteiger partial charge in [0.1, 0.15) is 0 Å². The highest BCUT2D eigenvalue weighted by Gasteiger charge is 2.26. The van der Waals surface area contributed by atoms with Gasteiger partial charge in [-0.05, 0) is 30.3 Å².